The van der Waals surface area contributed by atoms with E-state index in [2.05, 4.69) is 29.1 Å². The summed E-state index contributed by atoms with van der Waals surface area (Å²) in [5, 5.41) is 7.76. The van der Waals surface area contributed by atoms with Gasteiger partial charge in [-0.15, -0.1) is 5.10 Å². The fraction of sp³-hybridized carbons (Fsp3) is 0.364. The third-order valence-corrected chi connectivity index (χ3v) is 2.24. The maximum atomic E-state index is 4.48. The quantitative estimate of drug-likeness (QED) is 0.749. The van der Waals surface area contributed by atoms with Crippen molar-refractivity contribution in [3.63, 3.8) is 0 Å². The van der Waals surface area contributed by atoms with Crippen LogP contribution in [0.4, 0.5) is 0 Å². The molecule has 2 heterocycles. The van der Waals surface area contributed by atoms with E-state index in [4.69, 9.17) is 0 Å². The molecule has 0 N–H and O–H groups in total. The first-order valence-electron chi connectivity index (χ1n) is 5.02. The Morgan fingerprint density at radius 3 is 2.67 bits per heavy atom. The number of pyridine rings is 1. The van der Waals surface area contributed by atoms with Crippen LogP contribution in [0.1, 0.15) is 31.2 Å². The predicted molar refractivity (Wildman–Crippen MR) is 58.0 cm³/mol. The molecule has 0 unspecified atom stereocenters. The Bertz CT molecular complexity index is 446. The molecule has 4 nitrogen and oxygen atoms in total. The molecule has 0 amide bonds. The summed E-state index contributed by atoms with van der Waals surface area (Å²) in [5.74, 6) is 0.423. The van der Waals surface area contributed by atoms with E-state index in [9.17, 15) is 0 Å². The molecule has 0 spiro atoms. The number of nitrogens with zero attached hydrogens (tertiary/aromatic N) is 4. The summed E-state index contributed by atoms with van der Waals surface area (Å²) >= 11 is 0. The second-order valence-electron chi connectivity index (χ2n) is 3.89. The van der Waals surface area contributed by atoms with Crippen LogP contribution in [0.3, 0.4) is 0 Å². The van der Waals surface area contributed by atoms with Gasteiger partial charge in [0.25, 0.3) is 0 Å². The van der Waals surface area contributed by atoms with Crippen LogP contribution in [0.5, 0.6) is 0 Å². The van der Waals surface area contributed by atoms with Gasteiger partial charge in [0, 0.05) is 11.4 Å². The van der Waals surface area contributed by atoms with Gasteiger partial charge in [0.15, 0.2) is 0 Å². The molecular weight excluding hydrogens is 188 g/mol. The van der Waals surface area contributed by atoms with Gasteiger partial charge in [-0.25, -0.2) is 4.68 Å². The Labute approximate surface area is 89.0 Å². The second-order valence-corrected chi connectivity index (χ2v) is 3.89. The fourth-order valence-corrected chi connectivity index (χ4v) is 1.45. The molecule has 2 aromatic rings. The number of aryl methyl sites for hydroxylation is 1. The lowest BCUT2D eigenvalue weighted by molar-refractivity contribution is 0.777. The van der Waals surface area contributed by atoms with E-state index in [0.717, 1.165) is 17.1 Å². The molecule has 0 saturated carbocycles. The van der Waals surface area contributed by atoms with Crippen molar-refractivity contribution in [1.29, 1.82) is 0 Å². The third-order valence-electron chi connectivity index (χ3n) is 2.24. The summed E-state index contributed by atoms with van der Waals surface area (Å²) in [7, 11) is 0. The molecule has 0 fully saturated rings. The fourth-order valence-electron chi connectivity index (χ4n) is 1.45. The first kappa shape index (κ1) is 9.83. The van der Waals surface area contributed by atoms with Crippen molar-refractivity contribution in [2.45, 2.75) is 26.7 Å². The average molecular weight is 202 g/mol. The maximum absolute atomic E-state index is 4.48. The molecule has 0 atom stereocenters. The van der Waals surface area contributed by atoms with Gasteiger partial charge in [0.1, 0.15) is 0 Å². The third kappa shape index (κ3) is 2.03. The van der Waals surface area contributed by atoms with Gasteiger partial charge in [-0.2, -0.15) is 0 Å². The zero-order valence-corrected chi connectivity index (χ0v) is 9.18. The van der Waals surface area contributed by atoms with E-state index in [1.807, 2.05) is 25.3 Å². The zero-order valence-electron chi connectivity index (χ0n) is 9.18. The van der Waals surface area contributed by atoms with Crippen molar-refractivity contribution in [2.75, 3.05) is 0 Å². The van der Waals surface area contributed by atoms with Crippen LogP contribution in [0.25, 0.3) is 5.69 Å². The van der Waals surface area contributed by atoms with Gasteiger partial charge in [-0.1, -0.05) is 19.1 Å². The lowest BCUT2D eigenvalue weighted by atomic mass is 10.1. The molecule has 78 valence electrons. The zero-order chi connectivity index (χ0) is 10.8. The van der Waals surface area contributed by atoms with Crippen LogP contribution in [0, 0.1) is 6.92 Å². The van der Waals surface area contributed by atoms with Gasteiger partial charge in [-0.05, 0) is 25.0 Å². The van der Waals surface area contributed by atoms with Crippen molar-refractivity contribution < 1.29 is 0 Å². The largest absolute Gasteiger partial charge is 0.258 e. The Hall–Kier alpha value is -1.71. The lowest BCUT2D eigenvalue weighted by Gasteiger charge is -2.08. The van der Waals surface area contributed by atoms with E-state index >= 15 is 0 Å². The van der Waals surface area contributed by atoms with Crippen LogP contribution in [0.15, 0.2) is 24.5 Å². The normalized spacial score (nSPS) is 10.9. The van der Waals surface area contributed by atoms with E-state index < -0.39 is 0 Å². The summed E-state index contributed by atoms with van der Waals surface area (Å²) in [6, 6.07) is 4.05. The van der Waals surface area contributed by atoms with E-state index in [1.54, 1.807) is 10.9 Å². The van der Waals surface area contributed by atoms with Crippen molar-refractivity contribution in [1.82, 2.24) is 20.0 Å². The average Bonchev–Trinajstić information content (AvgIpc) is 2.69. The maximum Gasteiger partial charge on any atom is 0.0699 e. The van der Waals surface area contributed by atoms with Crippen LogP contribution < -0.4 is 0 Å². The molecule has 0 saturated heterocycles. The molecule has 15 heavy (non-hydrogen) atoms. The molecular formula is C11H14N4. The standard InChI is InChI=1S/C11H14N4/c1-8(2)11-7-10(6-9(3)13-11)15-5-4-12-14-15/h4-8H,1-3H3. The molecule has 0 aliphatic carbocycles. The summed E-state index contributed by atoms with van der Waals surface area (Å²) in [5.41, 5.74) is 3.11. The minimum absolute atomic E-state index is 0.423. The Morgan fingerprint density at radius 2 is 2.07 bits per heavy atom. The highest BCUT2D eigenvalue weighted by Crippen LogP contribution is 2.16. The van der Waals surface area contributed by atoms with Crippen molar-refractivity contribution in [2.24, 2.45) is 0 Å². The highest BCUT2D eigenvalue weighted by Gasteiger charge is 2.05. The Morgan fingerprint density at radius 1 is 1.27 bits per heavy atom. The Balaban J connectivity index is 2.49. The molecule has 2 rings (SSSR count). The van der Waals surface area contributed by atoms with Crippen LogP contribution in [-0.4, -0.2) is 20.0 Å². The van der Waals surface area contributed by atoms with E-state index in [0.29, 0.717) is 5.92 Å². The van der Waals surface area contributed by atoms with Crippen LogP contribution in [0.2, 0.25) is 0 Å². The van der Waals surface area contributed by atoms with Gasteiger partial charge < -0.3 is 0 Å². The summed E-state index contributed by atoms with van der Waals surface area (Å²) < 4.78 is 1.75. The van der Waals surface area contributed by atoms with E-state index in [1.165, 1.54) is 0 Å². The number of hydrogen-bond donors (Lipinski definition) is 0. The summed E-state index contributed by atoms with van der Waals surface area (Å²) in [4.78, 5) is 4.48. The lowest BCUT2D eigenvalue weighted by Crippen LogP contribution is -2.01. The first-order chi connectivity index (χ1) is 7.16. The molecule has 0 aliphatic heterocycles. The van der Waals surface area contributed by atoms with Crippen molar-refractivity contribution in [3.05, 3.63) is 35.9 Å². The topological polar surface area (TPSA) is 43.6 Å². The molecule has 0 aliphatic rings. The van der Waals surface area contributed by atoms with Gasteiger partial charge in [-0.3, -0.25) is 4.98 Å². The minimum Gasteiger partial charge on any atom is -0.258 e. The van der Waals surface area contributed by atoms with Crippen LogP contribution in [-0.2, 0) is 0 Å². The van der Waals surface area contributed by atoms with Crippen LogP contribution >= 0.6 is 0 Å². The second kappa shape index (κ2) is 3.81. The number of aromatic nitrogens is 4. The monoisotopic (exact) mass is 202 g/mol. The van der Waals surface area contributed by atoms with Gasteiger partial charge >= 0.3 is 0 Å². The number of hydrogen-bond acceptors (Lipinski definition) is 3. The minimum atomic E-state index is 0.423. The first-order valence-corrected chi connectivity index (χ1v) is 5.02. The van der Waals surface area contributed by atoms with Gasteiger partial charge in [0.05, 0.1) is 18.1 Å². The van der Waals surface area contributed by atoms with E-state index in [-0.39, 0.29) is 0 Å². The molecule has 0 bridgehead atoms. The summed E-state index contributed by atoms with van der Waals surface area (Å²) in [6.45, 7) is 6.26. The predicted octanol–water partition coefficient (Wildman–Crippen LogP) is 2.09. The summed E-state index contributed by atoms with van der Waals surface area (Å²) in [6.07, 6.45) is 3.50. The van der Waals surface area contributed by atoms with Crippen molar-refractivity contribution in [3.8, 4) is 5.69 Å². The highest BCUT2D eigenvalue weighted by molar-refractivity contribution is 5.34. The van der Waals surface area contributed by atoms with Gasteiger partial charge in [0.2, 0.25) is 0 Å². The highest BCUT2D eigenvalue weighted by atomic mass is 15.4. The molecule has 0 aromatic carbocycles. The van der Waals surface area contributed by atoms with Crippen molar-refractivity contribution >= 4 is 0 Å². The smallest absolute Gasteiger partial charge is 0.0699 e. The molecule has 2 aromatic heterocycles. The molecule has 0 radical (unpaired) electrons. The molecule has 4 heteroatoms. The number of rotatable bonds is 2. The SMILES string of the molecule is Cc1cc(-n2ccnn2)cc(C(C)C)n1. The Kier molecular flexibility index (Phi) is 2.49.